The SMILES string of the molecule is CCN(CC)C1CCc2ccc(Br)cc21. The smallest absolute Gasteiger partial charge is 0.0354 e. The van der Waals surface area contributed by atoms with E-state index in [1.54, 1.807) is 0 Å². The molecule has 0 saturated carbocycles. The van der Waals surface area contributed by atoms with Gasteiger partial charge in [-0.15, -0.1) is 0 Å². The maximum Gasteiger partial charge on any atom is 0.0354 e. The quantitative estimate of drug-likeness (QED) is 0.806. The molecule has 0 radical (unpaired) electrons. The van der Waals surface area contributed by atoms with E-state index in [2.05, 4.69) is 52.9 Å². The molecule has 0 aromatic heterocycles. The van der Waals surface area contributed by atoms with Gasteiger partial charge in [-0.1, -0.05) is 35.8 Å². The first-order valence-electron chi connectivity index (χ1n) is 5.78. The summed E-state index contributed by atoms with van der Waals surface area (Å²) in [5.74, 6) is 0. The first-order chi connectivity index (χ1) is 7.26. The van der Waals surface area contributed by atoms with Crippen molar-refractivity contribution in [2.75, 3.05) is 13.1 Å². The Bertz CT molecular complexity index is 344. The first kappa shape index (κ1) is 11.2. The van der Waals surface area contributed by atoms with Crippen LogP contribution in [0.5, 0.6) is 0 Å². The van der Waals surface area contributed by atoms with Crippen LogP contribution in [0.3, 0.4) is 0 Å². The van der Waals surface area contributed by atoms with E-state index < -0.39 is 0 Å². The van der Waals surface area contributed by atoms with E-state index >= 15 is 0 Å². The van der Waals surface area contributed by atoms with Gasteiger partial charge in [-0.05, 0) is 49.2 Å². The number of aryl methyl sites for hydroxylation is 1. The summed E-state index contributed by atoms with van der Waals surface area (Å²) in [6, 6.07) is 7.37. The molecule has 0 bridgehead atoms. The average Bonchev–Trinajstić information content (AvgIpc) is 2.64. The normalized spacial score (nSPS) is 19.6. The third kappa shape index (κ3) is 2.11. The molecule has 0 amide bonds. The number of benzene rings is 1. The number of fused-ring (bicyclic) bond motifs is 1. The van der Waals surface area contributed by atoms with Crippen LogP contribution in [0, 0.1) is 0 Å². The Morgan fingerprint density at radius 2 is 2.07 bits per heavy atom. The lowest BCUT2D eigenvalue weighted by Gasteiger charge is -2.26. The first-order valence-corrected chi connectivity index (χ1v) is 6.58. The Hall–Kier alpha value is -0.340. The molecule has 2 heteroatoms. The fourth-order valence-corrected chi connectivity index (χ4v) is 2.97. The maximum atomic E-state index is 3.57. The van der Waals surface area contributed by atoms with E-state index in [4.69, 9.17) is 0 Å². The summed E-state index contributed by atoms with van der Waals surface area (Å²) < 4.78 is 1.21. The zero-order chi connectivity index (χ0) is 10.8. The van der Waals surface area contributed by atoms with Gasteiger partial charge < -0.3 is 0 Å². The highest BCUT2D eigenvalue weighted by atomic mass is 79.9. The minimum atomic E-state index is 0.646. The molecular weight excluding hydrogens is 250 g/mol. The van der Waals surface area contributed by atoms with Gasteiger partial charge in [-0.25, -0.2) is 0 Å². The van der Waals surface area contributed by atoms with Crippen LogP contribution in [0.15, 0.2) is 22.7 Å². The maximum absolute atomic E-state index is 3.57. The Morgan fingerprint density at radius 3 is 2.73 bits per heavy atom. The van der Waals surface area contributed by atoms with Gasteiger partial charge in [-0.3, -0.25) is 4.90 Å². The molecule has 1 atom stereocenters. The predicted octanol–water partition coefficient (Wildman–Crippen LogP) is 3.78. The van der Waals surface area contributed by atoms with Crippen molar-refractivity contribution in [2.45, 2.75) is 32.7 Å². The summed E-state index contributed by atoms with van der Waals surface area (Å²) >= 11 is 3.57. The third-order valence-electron chi connectivity index (χ3n) is 3.41. The third-order valence-corrected chi connectivity index (χ3v) is 3.90. The second kappa shape index (κ2) is 4.67. The lowest BCUT2D eigenvalue weighted by atomic mass is 10.1. The summed E-state index contributed by atoms with van der Waals surface area (Å²) in [6.07, 6.45) is 2.53. The molecule has 1 aliphatic carbocycles. The Kier molecular flexibility index (Phi) is 3.47. The molecule has 1 aromatic carbocycles. The van der Waals surface area contributed by atoms with Gasteiger partial charge in [0.1, 0.15) is 0 Å². The average molecular weight is 268 g/mol. The van der Waals surface area contributed by atoms with Gasteiger partial charge in [0, 0.05) is 10.5 Å². The molecule has 1 nitrogen and oxygen atoms in total. The van der Waals surface area contributed by atoms with Gasteiger partial charge in [0.2, 0.25) is 0 Å². The van der Waals surface area contributed by atoms with Crippen molar-refractivity contribution in [3.05, 3.63) is 33.8 Å². The van der Waals surface area contributed by atoms with Crippen molar-refractivity contribution in [3.8, 4) is 0 Å². The van der Waals surface area contributed by atoms with E-state index in [9.17, 15) is 0 Å². The molecule has 0 N–H and O–H groups in total. The molecule has 1 aliphatic rings. The van der Waals surface area contributed by atoms with Crippen molar-refractivity contribution in [1.82, 2.24) is 4.90 Å². The molecule has 0 saturated heterocycles. The number of rotatable bonds is 3. The molecule has 0 heterocycles. The molecular formula is C13H18BrN. The zero-order valence-electron chi connectivity index (χ0n) is 9.46. The molecule has 15 heavy (non-hydrogen) atoms. The molecule has 1 unspecified atom stereocenters. The van der Waals surface area contributed by atoms with Gasteiger partial charge >= 0.3 is 0 Å². The minimum absolute atomic E-state index is 0.646. The van der Waals surface area contributed by atoms with E-state index in [1.807, 2.05) is 0 Å². The fraction of sp³-hybridized carbons (Fsp3) is 0.538. The van der Waals surface area contributed by atoms with E-state index in [1.165, 1.54) is 28.4 Å². The van der Waals surface area contributed by atoms with Crippen LogP contribution in [0.1, 0.15) is 37.4 Å². The monoisotopic (exact) mass is 267 g/mol. The standard InChI is InChI=1S/C13H18BrN/c1-3-15(4-2)13-8-6-10-5-7-11(14)9-12(10)13/h5,7,9,13H,3-4,6,8H2,1-2H3. The molecule has 0 fully saturated rings. The summed E-state index contributed by atoms with van der Waals surface area (Å²) in [4.78, 5) is 2.55. The second-order valence-electron chi connectivity index (χ2n) is 4.12. The van der Waals surface area contributed by atoms with Crippen LogP contribution in [-0.4, -0.2) is 18.0 Å². The Labute approximate surface area is 101 Å². The van der Waals surface area contributed by atoms with Crippen molar-refractivity contribution in [2.24, 2.45) is 0 Å². The van der Waals surface area contributed by atoms with E-state index in [-0.39, 0.29) is 0 Å². The number of nitrogens with zero attached hydrogens (tertiary/aromatic N) is 1. The van der Waals surface area contributed by atoms with Crippen molar-refractivity contribution >= 4 is 15.9 Å². The second-order valence-corrected chi connectivity index (χ2v) is 5.03. The predicted molar refractivity (Wildman–Crippen MR) is 68.1 cm³/mol. The summed E-state index contributed by atoms with van der Waals surface area (Å²) in [5, 5.41) is 0. The Balaban J connectivity index is 2.30. The van der Waals surface area contributed by atoms with Crippen molar-refractivity contribution < 1.29 is 0 Å². The highest BCUT2D eigenvalue weighted by molar-refractivity contribution is 9.10. The summed E-state index contributed by atoms with van der Waals surface area (Å²) in [7, 11) is 0. The van der Waals surface area contributed by atoms with Gasteiger partial charge in [0.05, 0.1) is 0 Å². The van der Waals surface area contributed by atoms with Crippen molar-refractivity contribution in [1.29, 1.82) is 0 Å². The van der Waals surface area contributed by atoms with Crippen LogP contribution in [0.25, 0.3) is 0 Å². The van der Waals surface area contributed by atoms with Crippen molar-refractivity contribution in [3.63, 3.8) is 0 Å². The molecule has 0 spiro atoms. The number of hydrogen-bond donors (Lipinski definition) is 0. The van der Waals surface area contributed by atoms with E-state index in [0.29, 0.717) is 6.04 Å². The van der Waals surface area contributed by atoms with Gasteiger partial charge in [-0.2, -0.15) is 0 Å². The van der Waals surface area contributed by atoms with E-state index in [0.717, 1.165) is 13.1 Å². The van der Waals surface area contributed by atoms with Crippen LogP contribution >= 0.6 is 15.9 Å². The lowest BCUT2D eigenvalue weighted by molar-refractivity contribution is 0.218. The molecule has 1 aromatic rings. The van der Waals surface area contributed by atoms with Crippen LogP contribution < -0.4 is 0 Å². The summed E-state index contributed by atoms with van der Waals surface area (Å²) in [5.41, 5.74) is 3.07. The molecule has 2 rings (SSSR count). The van der Waals surface area contributed by atoms with Gasteiger partial charge in [0.15, 0.2) is 0 Å². The molecule has 82 valence electrons. The number of halogens is 1. The highest BCUT2D eigenvalue weighted by Gasteiger charge is 2.26. The largest absolute Gasteiger partial charge is 0.297 e. The highest BCUT2D eigenvalue weighted by Crippen LogP contribution is 2.36. The zero-order valence-corrected chi connectivity index (χ0v) is 11.0. The van der Waals surface area contributed by atoms with Crippen LogP contribution in [0.4, 0.5) is 0 Å². The van der Waals surface area contributed by atoms with Crippen LogP contribution in [0.2, 0.25) is 0 Å². The number of hydrogen-bond acceptors (Lipinski definition) is 1. The summed E-state index contributed by atoms with van der Waals surface area (Å²) in [6.45, 7) is 6.79. The topological polar surface area (TPSA) is 3.24 Å². The fourth-order valence-electron chi connectivity index (χ4n) is 2.60. The lowest BCUT2D eigenvalue weighted by Crippen LogP contribution is -2.26. The molecule has 0 aliphatic heterocycles. The minimum Gasteiger partial charge on any atom is -0.297 e. The Morgan fingerprint density at radius 1 is 1.33 bits per heavy atom. The van der Waals surface area contributed by atoms with Gasteiger partial charge in [0.25, 0.3) is 0 Å². The van der Waals surface area contributed by atoms with Crippen LogP contribution in [-0.2, 0) is 6.42 Å².